The summed E-state index contributed by atoms with van der Waals surface area (Å²) in [5.74, 6) is -0.373. The number of halogens is 1. The second kappa shape index (κ2) is 7.61. The third-order valence-corrected chi connectivity index (χ3v) is 6.15. The van der Waals surface area contributed by atoms with Crippen molar-refractivity contribution in [1.82, 2.24) is 9.62 Å². The zero-order valence-corrected chi connectivity index (χ0v) is 14.8. The van der Waals surface area contributed by atoms with Crippen molar-refractivity contribution in [3.8, 4) is 0 Å². The van der Waals surface area contributed by atoms with Gasteiger partial charge < -0.3 is 10.1 Å². The van der Waals surface area contributed by atoms with Crippen LogP contribution in [-0.4, -0.2) is 39.5 Å². The van der Waals surface area contributed by atoms with Crippen LogP contribution in [0.5, 0.6) is 0 Å². The maximum Gasteiger partial charge on any atom is 0.243 e. The van der Waals surface area contributed by atoms with Crippen molar-refractivity contribution in [3.63, 3.8) is 0 Å². The van der Waals surface area contributed by atoms with Gasteiger partial charge in [-0.15, -0.1) is 0 Å². The highest BCUT2D eigenvalue weighted by molar-refractivity contribution is 7.89. The van der Waals surface area contributed by atoms with Crippen LogP contribution in [0.1, 0.15) is 17.2 Å². The molecule has 0 spiro atoms. The van der Waals surface area contributed by atoms with Gasteiger partial charge in [-0.2, -0.15) is 4.31 Å². The molecule has 1 N–H and O–H groups in total. The van der Waals surface area contributed by atoms with Crippen LogP contribution in [-0.2, 0) is 21.4 Å². The van der Waals surface area contributed by atoms with Crippen LogP contribution in [0.4, 0.5) is 4.39 Å². The molecule has 25 heavy (non-hydrogen) atoms. The van der Waals surface area contributed by atoms with Gasteiger partial charge >= 0.3 is 0 Å². The summed E-state index contributed by atoms with van der Waals surface area (Å²) in [6.45, 7) is 1.68. The summed E-state index contributed by atoms with van der Waals surface area (Å²) in [5.41, 5.74) is 1.44. The van der Waals surface area contributed by atoms with Crippen molar-refractivity contribution >= 4 is 10.0 Å². The van der Waals surface area contributed by atoms with Crippen LogP contribution in [0, 0.1) is 5.82 Å². The summed E-state index contributed by atoms with van der Waals surface area (Å²) in [4.78, 5) is 0.227. The Kier molecular flexibility index (Phi) is 5.48. The van der Waals surface area contributed by atoms with Gasteiger partial charge in [-0.05, 0) is 35.4 Å². The first-order valence-corrected chi connectivity index (χ1v) is 9.52. The summed E-state index contributed by atoms with van der Waals surface area (Å²) in [6.07, 6.45) is 0. The van der Waals surface area contributed by atoms with Crippen LogP contribution >= 0.6 is 0 Å². The Morgan fingerprint density at radius 2 is 2.04 bits per heavy atom. The van der Waals surface area contributed by atoms with Crippen molar-refractivity contribution in [2.24, 2.45) is 0 Å². The fourth-order valence-corrected chi connectivity index (χ4v) is 4.75. The van der Waals surface area contributed by atoms with E-state index >= 15 is 0 Å². The molecule has 2 aromatic rings. The lowest BCUT2D eigenvalue weighted by molar-refractivity contribution is 0.184. The number of hydrogen-bond donors (Lipinski definition) is 1. The Bertz CT molecular complexity index is 842. The lowest BCUT2D eigenvalue weighted by Gasteiger charge is -2.35. The number of hydrogen-bond acceptors (Lipinski definition) is 4. The molecular weight excluding hydrogens is 343 g/mol. The fraction of sp³-hybridized carbons (Fsp3) is 0.333. The lowest BCUT2D eigenvalue weighted by Crippen LogP contribution is -2.48. The molecule has 1 atom stereocenters. The number of methoxy groups -OCH3 is 1. The Balaban J connectivity index is 1.97. The van der Waals surface area contributed by atoms with Crippen molar-refractivity contribution in [3.05, 3.63) is 65.5 Å². The van der Waals surface area contributed by atoms with Gasteiger partial charge in [0, 0.05) is 26.7 Å². The minimum atomic E-state index is -3.70. The predicted molar refractivity (Wildman–Crippen MR) is 93.1 cm³/mol. The molecule has 5 nitrogen and oxygen atoms in total. The monoisotopic (exact) mass is 364 g/mol. The highest BCUT2D eigenvalue weighted by atomic mass is 32.2. The van der Waals surface area contributed by atoms with Crippen molar-refractivity contribution in [1.29, 1.82) is 0 Å². The molecule has 1 aliphatic heterocycles. The summed E-state index contributed by atoms with van der Waals surface area (Å²) in [6, 6.07) is 12.4. The van der Waals surface area contributed by atoms with Gasteiger partial charge in [-0.3, -0.25) is 0 Å². The molecule has 1 saturated heterocycles. The highest BCUT2D eigenvalue weighted by Gasteiger charge is 2.34. The molecule has 1 fully saturated rings. The number of benzene rings is 2. The minimum absolute atomic E-state index is 0.227. The van der Waals surface area contributed by atoms with Crippen LogP contribution in [0.2, 0.25) is 0 Å². The van der Waals surface area contributed by atoms with E-state index in [1.165, 1.54) is 16.4 Å². The number of sulfonamides is 1. The van der Waals surface area contributed by atoms with E-state index in [-0.39, 0.29) is 10.7 Å². The molecular formula is C18H21FN2O3S. The SMILES string of the molecule is COCc1cccc(S(=O)(=O)N2CCNCC2c2cccc(F)c2)c1. The number of ether oxygens (including phenoxy) is 1. The first-order valence-electron chi connectivity index (χ1n) is 8.08. The summed E-state index contributed by atoms with van der Waals surface area (Å²) in [5, 5.41) is 3.19. The average Bonchev–Trinajstić information content (AvgIpc) is 2.62. The second-order valence-corrected chi connectivity index (χ2v) is 7.86. The smallest absolute Gasteiger partial charge is 0.243 e. The van der Waals surface area contributed by atoms with Gasteiger partial charge in [-0.1, -0.05) is 24.3 Å². The number of piperazine rings is 1. The maximum atomic E-state index is 13.6. The van der Waals surface area contributed by atoms with E-state index in [1.54, 1.807) is 37.4 Å². The predicted octanol–water partition coefficient (Wildman–Crippen LogP) is 2.31. The van der Waals surface area contributed by atoms with Gasteiger partial charge in [0.2, 0.25) is 10.0 Å². The Morgan fingerprint density at radius 1 is 1.24 bits per heavy atom. The van der Waals surface area contributed by atoms with Gasteiger partial charge in [0.15, 0.2) is 0 Å². The van der Waals surface area contributed by atoms with Gasteiger partial charge in [0.05, 0.1) is 17.5 Å². The first-order chi connectivity index (χ1) is 12.0. The number of rotatable bonds is 5. The molecule has 1 aliphatic rings. The second-order valence-electron chi connectivity index (χ2n) is 5.97. The average molecular weight is 364 g/mol. The first kappa shape index (κ1) is 18.0. The summed E-state index contributed by atoms with van der Waals surface area (Å²) in [7, 11) is -2.13. The molecule has 0 aromatic heterocycles. The molecule has 0 amide bonds. The van der Waals surface area contributed by atoms with Crippen LogP contribution in [0.3, 0.4) is 0 Å². The zero-order valence-electron chi connectivity index (χ0n) is 14.0. The third-order valence-electron chi connectivity index (χ3n) is 4.24. The van der Waals surface area contributed by atoms with Gasteiger partial charge in [0.25, 0.3) is 0 Å². The van der Waals surface area contributed by atoms with E-state index in [2.05, 4.69) is 5.32 Å². The van der Waals surface area contributed by atoms with E-state index in [0.29, 0.717) is 31.8 Å². The van der Waals surface area contributed by atoms with Crippen LogP contribution in [0.15, 0.2) is 53.4 Å². The molecule has 0 radical (unpaired) electrons. The van der Waals surface area contributed by atoms with Gasteiger partial charge in [-0.25, -0.2) is 12.8 Å². The van der Waals surface area contributed by atoms with E-state index in [1.807, 2.05) is 6.07 Å². The molecule has 3 rings (SSSR count). The van der Waals surface area contributed by atoms with Crippen LogP contribution < -0.4 is 5.32 Å². The van der Waals surface area contributed by atoms with Crippen molar-refractivity contribution in [2.75, 3.05) is 26.7 Å². The normalized spacial score (nSPS) is 19.0. The molecule has 1 unspecified atom stereocenters. The van der Waals surface area contributed by atoms with Gasteiger partial charge in [0.1, 0.15) is 5.82 Å². The molecule has 0 aliphatic carbocycles. The zero-order chi connectivity index (χ0) is 17.9. The standard InChI is InChI=1S/C18H21FN2O3S/c1-24-13-14-4-2-7-17(10-14)25(22,23)21-9-8-20-12-18(21)15-5-3-6-16(19)11-15/h2-7,10-11,18,20H,8-9,12-13H2,1H3. The van der Waals surface area contributed by atoms with E-state index in [0.717, 1.165) is 5.56 Å². The minimum Gasteiger partial charge on any atom is -0.380 e. The molecule has 0 bridgehead atoms. The number of nitrogens with zero attached hydrogens (tertiary/aromatic N) is 1. The quantitative estimate of drug-likeness (QED) is 0.885. The van der Waals surface area contributed by atoms with Crippen molar-refractivity contribution in [2.45, 2.75) is 17.5 Å². The van der Waals surface area contributed by atoms with E-state index < -0.39 is 16.1 Å². The largest absolute Gasteiger partial charge is 0.380 e. The number of nitrogens with one attached hydrogen (secondary N) is 1. The maximum absolute atomic E-state index is 13.6. The highest BCUT2D eigenvalue weighted by Crippen LogP contribution is 2.29. The summed E-state index contributed by atoms with van der Waals surface area (Å²) >= 11 is 0. The third kappa shape index (κ3) is 3.90. The van der Waals surface area contributed by atoms with E-state index in [4.69, 9.17) is 4.74 Å². The van der Waals surface area contributed by atoms with Crippen molar-refractivity contribution < 1.29 is 17.5 Å². The lowest BCUT2D eigenvalue weighted by atomic mass is 10.1. The molecule has 2 aromatic carbocycles. The molecule has 0 saturated carbocycles. The molecule has 1 heterocycles. The van der Waals surface area contributed by atoms with E-state index in [9.17, 15) is 12.8 Å². The van der Waals surface area contributed by atoms with Crippen LogP contribution in [0.25, 0.3) is 0 Å². The Hall–Kier alpha value is -1.80. The Labute approximate surface area is 147 Å². The topological polar surface area (TPSA) is 58.6 Å². The summed E-state index contributed by atoms with van der Waals surface area (Å²) < 4.78 is 46.5. The molecule has 134 valence electrons. The fourth-order valence-electron chi connectivity index (χ4n) is 3.07. The molecule has 7 heteroatoms. The Morgan fingerprint density at radius 3 is 2.80 bits per heavy atom.